The predicted octanol–water partition coefficient (Wildman–Crippen LogP) is 5.75. The fraction of sp³-hybridized carbons (Fsp3) is 0.320. The van der Waals surface area contributed by atoms with Gasteiger partial charge in [0.25, 0.3) is 0 Å². The molecule has 0 bridgehead atoms. The number of likely N-dealkylation sites (tertiary alicyclic amines) is 1. The van der Waals surface area contributed by atoms with Crippen LogP contribution in [0.4, 0.5) is 17.6 Å². The van der Waals surface area contributed by atoms with E-state index >= 15 is 0 Å². The normalized spacial score (nSPS) is 15.9. The van der Waals surface area contributed by atoms with Crippen LogP contribution in [-0.4, -0.2) is 37.1 Å². The molecule has 1 heterocycles. The SMILES string of the molecule is CC(c1c(C(N)=O)ccc2c(Oc3ccc(C(F)(F)F)cc3)cccc12)C1CN(CCF)C1. The molecule has 1 amide bonds. The van der Waals surface area contributed by atoms with Crippen molar-refractivity contribution in [3.63, 3.8) is 0 Å². The summed E-state index contributed by atoms with van der Waals surface area (Å²) in [5.74, 6) is 0.440. The van der Waals surface area contributed by atoms with Crippen LogP contribution < -0.4 is 10.5 Å². The lowest BCUT2D eigenvalue weighted by Gasteiger charge is -2.42. The molecule has 0 aliphatic carbocycles. The molecule has 4 nitrogen and oxygen atoms in total. The van der Waals surface area contributed by atoms with Gasteiger partial charge in [0.2, 0.25) is 5.91 Å². The van der Waals surface area contributed by atoms with E-state index < -0.39 is 24.3 Å². The molecule has 1 atom stereocenters. The van der Waals surface area contributed by atoms with Crippen LogP contribution in [0.3, 0.4) is 0 Å². The fourth-order valence-corrected chi connectivity index (χ4v) is 4.45. The second kappa shape index (κ2) is 9.02. The van der Waals surface area contributed by atoms with Crippen LogP contribution in [0.25, 0.3) is 10.8 Å². The highest BCUT2D eigenvalue weighted by molar-refractivity contribution is 6.02. The summed E-state index contributed by atoms with van der Waals surface area (Å²) in [6.45, 7) is 3.50. The monoisotopic (exact) mass is 460 g/mol. The number of benzene rings is 3. The number of rotatable bonds is 7. The molecular formula is C25H24F4N2O2. The Hall–Kier alpha value is -3.13. The summed E-state index contributed by atoms with van der Waals surface area (Å²) in [5.41, 5.74) is 6.14. The molecule has 1 fully saturated rings. The van der Waals surface area contributed by atoms with Crippen molar-refractivity contribution in [2.45, 2.75) is 19.0 Å². The average Bonchev–Trinajstić information content (AvgIpc) is 2.74. The van der Waals surface area contributed by atoms with E-state index in [9.17, 15) is 22.4 Å². The molecule has 1 saturated heterocycles. The molecule has 3 aromatic carbocycles. The number of hydrogen-bond donors (Lipinski definition) is 1. The van der Waals surface area contributed by atoms with Gasteiger partial charge in [-0.2, -0.15) is 13.2 Å². The molecule has 0 spiro atoms. The van der Waals surface area contributed by atoms with Gasteiger partial charge in [-0.1, -0.05) is 19.1 Å². The average molecular weight is 460 g/mol. The number of amides is 1. The van der Waals surface area contributed by atoms with Crippen molar-refractivity contribution in [3.8, 4) is 11.5 Å². The van der Waals surface area contributed by atoms with Gasteiger partial charge in [0.15, 0.2) is 0 Å². The number of carbonyl (C=O) groups excluding carboxylic acids is 1. The van der Waals surface area contributed by atoms with Gasteiger partial charge in [-0.05, 0) is 65.3 Å². The number of nitrogens with two attached hydrogens (primary N) is 1. The van der Waals surface area contributed by atoms with Crippen LogP contribution in [0.1, 0.15) is 34.3 Å². The molecule has 1 aliphatic heterocycles. The van der Waals surface area contributed by atoms with Gasteiger partial charge in [0.05, 0.1) is 5.56 Å². The third kappa shape index (κ3) is 4.66. The predicted molar refractivity (Wildman–Crippen MR) is 118 cm³/mol. The Morgan fingerprint density at radius 2 is 1.79 bits per heavy atom. The number of hydrogen-bond acceptors (Lipinski definition) is 3. The molecule has 1 aliphatic rings. The standard InChI is InChI=1S/C25H24F4N2O2/c1-15(16-13-31(14-16)12-11-26)23-20-3-2-4-22(19(20)9-10-21(23)24(30)32)33-18-7-5-17(6-8-18)25(27,28)29/h2-10,15-16H,11-14H2,1H3,(H2,30,32). The van der Waals surface area contributed by atoms with Crippen molar-refractivity contribution in [2.75, 3.05) is 26.3 Å². The summed E-state index contributed by atoms with van der Waals surface area (Å²) in [6, 6.07) is 13.3. The zero-order valence-electron chi connectivity index (χ0n) is 18.0. The Bertz CT molecular complexity index is 1160. The van der Waals surface area contributed by atoms with Crippen molar-refractivity contribution >= 4 is 16.7 Å². The number of nitrogens with zero attached hydrogens (tertiary/aromatic N) is 1. The molecule has 1 unspecified atom stereocenters. The van der Waals surface area contributed by atoms with Crippen molar-refractivity contribution in [2.24, 2.45) is 11.7 Å². The van der Waals surface area contributed by atoms with E-state index in [0.29, 0.717) is 17.9 Å². The largest absolute Gasteiger partial charge is 0.457 e. The lowest BCUT2D eigenvalue weighted by Crippen LogP contribution is -2.49. The maximum atomic E-state index is 12.8. The maximum Gasteiger partial charge on any atom is 0.416 e. The first-order valence-corrected chi connectivity index (χ1v) is 10.7. The number of carbonyl (C=O) groups is 1. The highest BCUT2D eigenvalue weighted by Gasteiger charge is 2.34. The Labute approximate surface area is 188 Å². The molecule has 174 valence electrons. The summed E-state index contributed by atoms with van der Waals surface area (Å²) in [5, 5.41) is 1.52. The molecule has 0 radical (unpaired) electrons. The lowest BCUT2D eigenvalue weighted by atomic mass is 9.78. The summed E-state index contributed by atoms with van der Waals surface area (Å²) >= 11 is 0. The number of halogens is 4. The first-order chi connectivity index (χ1) is 15.7. The maximum absolute atomic E-state index is 12.8. The van der Waals surface area contributed by atoms with E-state index in [1.807, 2.05) is 17.9 Å². The highest BCUT2D eigenvalue weighted by atomic mass is 19.4. The minimum Gasteiger partial charge on any atom is -0.457 e. The van der Waals surface area contributed by atoms with E-state index in [4.69, 9.17) is 10.5 Å². The summed E-state index contributed by atoms with van der Waals surface area (Å²) < 4.78 is 57.1. The van der Waals surface area contributed by atoms with Crippen LogP contribution in [0, 0.1) is 5.92 Å². The number of fused-ring (bicyclic) bond motifs is 1. The van der Waals surface area contributed by atoms with E-state index in [0.717, 1.165) is 41.6 Å². The van der Waals surface area contributed by atoms with Crippen LogP contribution in [0.2, 0.25) is 0 Å². The van der Waals surface area contributed by atoms with Crippen molar-refractivity contribution in [1.82, 2.24) is 4.90 Å². The quantitative estimate of drug-likeness (QED) is 0.457. The minimum atomic E-state index is -4.42. The molecule has 8 heteroatoms. The van der Waals surface area contributed by atoms with Crippen LogP contribution in [0.5, 0.6) is 11.5 Å². The van der Waals surface area contributed by atoms with Gasteiger partial charge in [0, 0.05) is 30.6 Å². The molecule has 0 aromatic heterocycles. The van der Waals surface area contributed by atoms with Gasteiger partial charge in [0.1, 0.15) is 18.2 Å². The zero-order chi connectivity index (χ0) is 23.8. The summed E-state index contributed by atoms with van der Waals surface area (Å²) in [4.78, 5) is 14.2. The fourth-order valence-electron chi connectivity index (χ4n) is 4.45. The molecule has 3 aromatic rings. The topological polar surface area (TPSA) is 55.6 Å². The Balaban J connectivity index is 1.69. The minimum absolute atomic E-state index is 0.00613. The Kier molecular flexibility index (Phi) is 6.30. The van der Waals surface area contributed by atoms with Gasteiger partial charge >= 0.3 is 6.18 Å². The molecular weight excluding hydrogens is 436 g/mol. The third-order valence-corrected chi connectivity index (χ3v) is 6.29. The summed E-state index contributed by atoms with van der Waals surface area (Å²) in [7, 11) is 0. The highest BCUT2D eigenvalue weighted by Crippen LogP contribution is 2.40. The second-order valence-corrected chi connectivity index (χ2v) is 8.36. The van der Waals surface area contributed by atoms with Crippen molar-refractivity contribution in [3.05, 3.63) is 71.3 Å². The first-order valence-electron chi connectivity index (χ1n) is 10.7. The third-order valence-electron chi connectivity index (χ3n) is 6.29. The zero-order valence-corrected chi connectivity index (χ0v) is 18.0. The number of alkyl halides is 4. The number of primary amides is 1. The molecule has 33 heavy (non-hydrogen) atoms. The molecule has 2 N–H and O–H groups in total. The van der Waals surface area contributed by atoms with Crippen LogP contribution in [-0.2, 0) is 6.18 Å². The smallest absolute Gasteiger partial charge is 0.416 e. The Morgan fingerprint density at radius 1 is 1.09 bits per heavy atom. The lowest BCUT2D eigenvalue weighted by molar-refractivity contribution is -0.137. The van der Waals surface area contributed by atoms with Gasteiger partial charge in [-0.3, -0.25) is 4.79 Å². The second-order valence-electron chi connectivity index (χ2n) is 8.36. The van der Waals surface area contributed by atoms with Gasteiger partial charge < -0.3 is 15.4 Å². The van der Waals surface area contributed by atoms with E-state index in [-0.39, 0.29) is 17.6 Å². The first kappa shape index (κ1) is 23.0. The van der Waals surface area contributed by atoms with E-state index in [1.54, 1.807) is 24.3 Å². The van der Waals surface area contributed by atoms with Crippen LogP contribution in [0.15, 0.2) is 54.6 Å². The summed E-state index contributed by atoms with van der Waals surface area (Å²) in [6.07, 6.45) is -4.42. The van der Waals surface area contributed by atoms with Gasteiger partial charge in [-0.15, -0.1) is 0 Å². The van der Waals surface area contributed by atoms with E-state index in [2.05, 4.69) is 0 Å². The van der Waals surface area contributed by atoms with Crippen LogP contribution >= 0.6 is 0 Å². The van der Waals surface area contributed by atoms with Crippen molar-refractivity contribution in [1.29, 1.82) is 0 Å². The Morgan fingerprint density at radius 3 is 2.39 bits per heavy atom. The van der Waals surface area contributed by atoms with E-state index in [1.165, 1.54) is 12.1 Å². The molecule has 0 saturated carbocycles. The van der Waals surface area contributed by atoms with Crippen molar-refractivity contribution < 1.29 is 27.1 Å². The van der Waals surface area contributed by atoms with Gasteiger partial charge in [-0.25, -0.2) is 4.39 Å². The number of ether oxygens (including phenoxy) is 1. The molecule has 4 rings (SSSR count).